The summed E-state index contributed by atoms with van der Waals surface area (Å²) in [7, 11) is 0. The normalized spacial score (nSPS) is 18.8. The van der Waals surface area contributed by atoms with Gasteiger partial charge >= 0.3 is 0 Å². The van der Waals surface area contributed by atoms with Gasteiger partial charge in [0.15, 0.2) is 0 Å². The van der Waals surface area contributed by atoms with E-state index in [1.165, 1.54) is 11.8 Å². The number of nitrogens with one attached hydrogen (secondary N) is 1. The minimum absolute atomic E-state index is 0.00616. The molecule has 0 bridgehead atoms. The molecule has 0 fully saturated rings. The van der Waals surface area contributed by atoms with Gasteiger partial charge in [0.25, 0.3) is 0 Å². The number of thioether (sulfide) groups is 1. The van der Waals surface area contributed by atoms with E-state index in [-0.39, 0.29) is 24.3 Å². The predicted molar refractivity (Wildman–Crippen MR) is 89.0 cm³/mol. The lowest BCUT2D eigenvalue weighted by Crippen LogP contribution is -2.44. The van der Waals surface area contributed by atoms with Crippen LogP contribution in [0.4, 0.5) is 5.69 Å². The van der Waals surface area contributed by atoms with Crippen LogP contribution in [-0.4, -0.2) is 34.6 Å². The summed E-state index contributed by atoms with van der Waals surface area (Å²) in [5, 5.41) is 3.36. The van der Waals surface area contributed by atoms with Crippen molar-refractivity contribution in [2.24, 2.45) is 0 Å². The second kappa shape index (κ2) is 7.63. The molecule has 1 N–H and O–H groups in total. The molecule has 0 saturated carbocycles. The van der Waals surface area contributed by atoms with Gasteiger partial charge < -0.3 is 10.2 Å². The zero-order valence-corrected chi connectivity index (χ0v) is 14.2. The largest absolute Gasteiger partial charge is 0.354 e. The predicted octanol–water partition coefficient (Wildman–Crippen LogP) is 2.60. The summed E-state index contributed by atoms with van der Waals surface area (Å²) < 4.78 is 0. The monoisotopic (exact) mass is 321 g/mol. The molecule has 2 amide bonds. The molecule has 22 heavy (non-hydrogen) atoms. The van der Waals surface area contributed by atoms with E-state index in [4.69, 9.17) is 0 Å². The topological polar surface area (TPSA) is 62.3 Å². The number of carbonyl (C=O) groups is 2. The van der Waals surface area contributed by atoms with Crippen LogP contribution in [0.25, 0.3) is 0 Å². The smallest absolute Gasteiger partial charge is 0.241 e. The van der Waals surface area contributed by atoms with Gasteiger partial charge in [-0.2, -0.15) is 0 Å². The fraction of sp³-hybridized carbons (Fsp3) is 0.562. The molecule has 0 saturated heterocycles. The maximum atomic E-state index is 12.7. The summed E-state index contributed by atoms with van der Waals surface area (Å²) in [4.78, 5) is 30.9. The lowest BCUT2D eigenvalue weighted by atomic mass is 10.2. The molecule has 0 aromatic carbocycles. The molecular weight excluding hydrogens is 298 g/mol. The van der Waals surface area contributed by atoms with Crippen molar-refractivity contribution in [2.45, 2.75) is 56.4 Å². The fourth-order valence-corrected chi connectivity index (χ4v) is 3.50. The summed E-state index contributed by atoms with van der Waals surface area (Å²) in [6.07, 6.45) is 3.67. The van der Waals surface area contributed by atoms with Crippen LogP contribution in [0, 0.1) is 0 Å². The zero-order valence-electron chi connectivity index (χ0n) is 13.3. The van der Waals surface area contributed by atoms with Crippen molar-refractivity contribution in [2.75, 3.05) is 11.4 Å². The van der Waals surface area contributed by atoms with Crippen molar-refractivity contribution >= 4 is 29.3 Å². The number of aromatic nitrogens is 1. The van der Waals surface area contributed by atoms with Crippen LogP contribution >= 0.6 is 11.8 Å². The van der Waals surface area contributed by atoms with Crippen molar-refractivity contribution in [3.8, 4) is 0 Å². The number of nitrogens with zero attached hydrogens (tertiary/aromatic N) is 2. The van der Waals surface area contributed by atoms with Crippen molar-refractivity contribution in [1.29, 1.82) is 0 Å². The van der Waals surface area contributed by atoms with E-state index in [1.54, 1.807) is 11.1 Å². The van der Waals surface area contributed by atoms with E-state index in [0.717, 1.165) is 23.6 Å². The zero-order chi connectivity index (χ0) is 16.1. The molecule has 5 nitrogen and oxygen atoms in total. The van der Waals surface area contributed by atoms with Crippen molar-refractivity contribution in [1.82, 2.24) is 10.3 Å². The van der Waals surface area contributed by atoms with E-state index in [9.17, 15) is 9.59 Å². The van der Waals surface area contributed by atoms with Crippen molar-refractivity contribution in [3.05, 3.63) is 18.3 Å². The average Bonchev–Trinajstić information content (AvgIpc) is 2.51. The summed E-state index contributed by atoms with van der Waals surface area (Å²) in [6, 6.07) is 3.89. The molecule has 0 radical (unpaired) electrons. The second-order valence-electron chi connectivity index (χ2n) is 5.50. The highest BCUT2D eigenvalue weighted by Crippen LogP contribution is 2.38. The highest BCUT2D eigenvalue weighted by Gasteiger charge is 2.35. The number of fused-ring (bicyclic) bond motifs is 1. The van der Waals surface area contributed by atoms with E-state index in [1.807, 2.05) is 32.9 Å². The molecule has 2 rings (SSSR count). The van der Waals surface area contributed by atoms with E-state index in [2.05, 4.69) is 10.3 Å². The Morgan fingerprint density at radius 1 is 1.50 bits per heavy atom. The van der Waals surface area contributed by atoms with Crippen LogP contribution in [-0.2, 0) is 9.59 Å². The minimum Gasteiger partial charge on any atom is -0.354 e. The van der Waals surface area contributed by atoms with Gasteiger partial charge in [-0.15, -0.1) is 0 Å². The van der Waals surface area contributed by atoms with Gasteiger partial charge in [-0.05, 0) is 31.9 Å². The average molecular weight is 321 g/mol. The number of hydrogen-bond acceptors (Lipinski definition) is 4. The van der Waals surface area contributed by atoms with Gasteiger partial charge in [0, 0.05) is 25.2 Å². The first-order valence-corrected chi connectivity index (χ1v) is 8.67. The first-order valence-electron chi connectivity index (χ1n) is 7.79. The Kier molecular flexibility index (Phi) is 5.83. The molecular formula is C16H23N3O2S. The summed E-state index contributed by atoms with van der Waals surface area (Å²) in [5.41, 5.74) is 0.859. The standard InChI is InChI=1S/C16H23N3O2S/c1-4-9-19-12-7-6-8-17-15(12)22-13(16(19)21)10-14(20)18-11(3)5-2/h6-8,11,13H,4-5,9-10H2,1-3H3,(H,18,20)/t11-,13+/m1/s1. The number of rotatable bonds is 6. The molecule has 1 aromatic heterocycles. The lowest BCUT2D eigenvalue weighted by molar-refractivity contribution is -0.125. The van der Waals surface area contributed by atoms with Crippen molar-refractivity contribution < 1.29 is 9.59 Å². The number of carbonyl (C=O) groups excluding carboxylic acids is 2. The quantitative estimate of drug-likeness (QED) is 0.875. The lowest BCUT2D eigenvalue weighted by Gasteiger charge is -2.32. The van der Waals surface area contributed by atoms with Gasteiger partial charge in [0.05, 0.1) is 10.9 Å². The molecule has 0 spiro atoms. The molecule has 0 unspecified atom stereocenters. The third-order valence-corrected chi connectivity index (χ3v) is 4.87. The van der Waals surface area contributed by atoms with Gasteiger partial charge in [-0.1, -0.05) is 25.6 Å². The van der Waals surface area contributed by atoms with Crippen LogP contribution in [0.2, 0.25) is 0 Å². The van der Waals surface area contributed by atoms with Crippen LogP contribution < -0.4 is 10.2 Å². The van der Waals surface area contributed by atoms with Gasteiger partial charge in [-0.3, -0.25) is 9.59 Å². The number of hydrogen-bond donors (Lipinski definition) is 1. The Bertz CT molecular complexity index is 550. The van der Waals surface area contributed by atoms with Crippen LogP contribution in [0.15, 0.2) is 23.4 Å². The van der Waals surface area contributed by atoms with E-state index >= 15 is 0 Å². The Balaban J connectivity index is 2.14. The first kappa shape index (κ1) is 16.8. The van der Waals surface area contributed by atoms with Crippen molar-refractivity contribution in [3.63, 3.8) is 0 Å². The maximum absolute atomic E-state index is 12.7. The molecule has 0 aliphatic carbocycles. The Morgan fingerprint density at radius 2 is 2.27 bits per heavy atom. The van der Waals surface area contributed by atoms with E-state index < -0.39 is 5.25 Å². The molecule has 2 heterocycles. The third-order valence-electron chi connectivity index (χ3n) is 3.67. The van der Waals surface area contributed by atoms with E-state index in [0.29, 0.717) is 6.54 Å². The Hall–Kier alpha value is -1.56. The number of amides is 2. The molecule has 2 atom stereocenters. The number of anilines is 1. The molecule has 1 aromatic rings. The molecule has 1 aliphatic rings. The molecule has 6 heteroatoms. The Labute approximate surface area is 135 Å². The van der Waals surface area contributed by atoms with Gasteiger partial charge in [0.2, 0.25) is 11.8 Å². The Morgan fingerprint density at radius 3 is 2.95 bits per heavy atom. The number of pyridine rings is 1. The SMILES string of the molecule is CCCN1C(=O)[C@H](CC(=O)N[C@H](C)CC)Sc2ncccc21. The highest BCUT2D eigenvalue weighted by molar-refractivity contribution is 8.00. The summed E-state index contributed by atoms with van der Waals surface area (Å²) in [5.74, 6) is -0.0670. The molecule has 1 aliphatic heterocycles. The maximum Gasteiger partial charge on any atom is 0.241 e. The summed E-state index contributed by atoms with van der Waals surface area (Å²) >= 11 is 1.39. The fourth-order valence-electron chi connectivity index (χ4n) is 2.34. The highest BCUT2D eigenvalue weighted by atomic mass is 32.2. The summed E-state index contributed by atoms with van der Waals surface area (Å²) in [6.45, 7) is 6.68. The van der Waals surface area contributed by atoms with Crippen LogP contribution in [0.5, 0.6) is 0 Å². The van der Waals surface area contributed by atoms with Crippen LogP contribution in [0.1, 0.15) is 40.0 Å². The van der Waals surface area contributed by atoms with Crippen LogP contribution in [0.3, 0.4) is 0 Å². The molecule has 120 valence electrons. The van der Waals surface area contributed by atoms with Gasteiger partial charge in [-0.25, -0.2) is 4.98 Å². The van der Waals surface area contributed by atoms with Gasteiger partial charge in [0.1, 0.15) is 5.03 Å². The second-order valence-corrected chi connectivity index (χ2v) is 6.70. The first-order chi connectivity index (χ1) is 10.6. The third kappa shape index (κ3) is 3.80. The minimum atomic E-state index is -0.391.